The van der Waals surface area contributed by atoms with Crippen molar-refractivity contribution in [3.8, 4) is 0 Å². The van der Waals surface area contributed by atoms with Crippen LogP contribution in [0.15, 0.2) is 51.9 Å². The van der Waals surface area contributed by atoms with E-state index in [0.717, 1.165) is 0 Å². The van der Waals surface area contributed by atoms with Gasteiger partial charge in [-0.2, -0.15) is 0 Å². The number of nitrogens with zero attached hydrogens (tertiary/aromatic N) is 1. The number of halogens is 2. The molecule has 1 amide bonds. The van der Waals surface area contributed by atoms with E-state index in [0.29, 0.717) is 10.2 Å². The molecule has 19 heavy (non-hydrogen) atoms. The number of hydrogen-bond donors (Lipinski definition) is 1. The van der Waals surface area contributed by atoms with Crippen molar-refractivity contribution in [1.82, 2.24) is 4.57 Å². The molecule has 0 saturated carbocycles. The summed E-state index contributed by atoms with van der Waals surface area (Å²) in [6.45, 7) is -0.130. The molecule has 0 saturated heterocycles. The Labute approximate surface area is 117 Å². The van der Waals surface area contributed by atoms with Crippen LogP contribution in [0.5, 0.6) is 0 Å². The zero-order chi connectivity index (χ0) is 13.8. The van der Waals surface area contributed by atoms with Gasteiger partial charge in [-0.15, -0.1) is 0 Å². The average molecular weight is 325 g/mol. The lowest BCUT2D eigenvalue weighted by Crippen LogP contribution is -2.27. The molecule has 0 aliphatic heterocycles. The number of carbonyl (C=O) groups excluding carboxylic acids is 1. The zero-order valence-corrected chi connectivity index (χ0v) is 11.4. The van der Waals surface area contributed by atoms with Crippen molar-refractivity contribution < 1.29 is 9.18 Å². The molecule has 2 rings (SSSR count). The lowest BCUT2D eigenvalue weighted by atomic mass is 10.3. The van der Waals surface area contributed by atoms with Gasteiger partial charge in [-0.1, -0.05) is 6.07 Å². The summed E-state index contributed by atoms with van der Waals surface area (Å²) >= 11 is 3.10. The van der Waals surface area contributed by atoms with Gasteiger partial charge in [0.2, 0.25) is 5.91 Å². The maximum absolute atomic E-state index is 12.9. The van der Waals surface area contributed by atoms with Gasteiger partial charge in [-0.25, -0.2) is 4.39 Å². The van der Waals surface area contributed by atoms with E-state index in [-0.39, 0.29) is 12.1 Å². The Balaban J connectivity index is 2.10. The summed E-state index contributed by atoms with van der Waals surface area (Å²) in [5, 5.41) is 2.52. The van der Waals surface area contributed by atoms with E-state index in [1.807, 2.05) is 0 Å². The molecular weight excluding hydrogens is 315 g/mol. The number of rotatable bonds is 3. The molecule has 0 spiro atoms. The highest BCUT2D eigenvalue weighted by atomic mass is 79.9. The largest absolute Gasteiger partial charge is 0.324 e. The summed E-state index contributed by atoms with van der Waals surface area (Å²) in [7, 11) is 0. The fourth-order valence-electron chi connectivity index (χ4n) is 1.55. The Hall–Kier alpha value is -1.95. The molecule has 2 aromatic rings. The van der Waals surface area contributed by atoms with Gasteiger partial charge in [-0.3, -0.25) is 9.59 Å². The number of hydrogen-bond acceptors (Lipinski definition) is 2. The van der Waals surface area contributed by atoms with E-state index < -0.39 is 11.7 Å². The minimum atomic E-state index is -0.433. The molecule has 6 heteroatoms. The summed E-state index contributed by atoms with van der Waals surface area (Å²) in [4.78, 5) is 23.4. The first kappa shape index (κ1) is 13.5. The third-order valence-electron chi connectivity index (χ3n) is 2.40. The Morgan fingerprint density at radius 3 is 2.84 bits per heavy atom. The Bertz CT molecular complexity index is 670. The monoisotopic (exact) mass is 324 g/mol. The van der Waals surface area contributed by atoms with E-state index in [1.165, 1.54) is 29.0 Å². The number of benzene rings is 1. The van der Waals surface area contributed by atoms with E-state index in [2.05, 4.69) is 21.2 Å². The van der Waals surface area contributed by atoms with Crippen molar-refractivity contribution in [2.75, 3.05) is 5.32 Å². The van der Waals surface area contributed by atoms with Gasteiger partial charge in [0.25, 0.3) is 5.56 Å². The zero-order valence-electron chi connectivity index (χ0n) is 9.77. The topological polar surface area (TPSA) is 51.1 Å². The van der Waals surface area contributed by atoms with Gasteiger partial charge in [0.15, 0.2) is 0 Å². The standard InChI is InChI=1S/C13H10BrFN2O2/c14-11-5-2-6-17(13(11)19)8-12(18)16-10-4-1-3-9(15)7-10/h1-7H,8H2,(H,16,18). The molecule has 0 radical (unpaired) electrons. The van der Waals surface area contributed by atoms with E-state index in [4.69, 9.17) is 0 Å². The average Bonchev–Trinajstić information content (AvgIpc) is 2.35. The van der Waals surface area contributed by atoms with Crippen LogP contribution in [-0.2, 0) is 11.3 Å². The highest BCUT2D eigenvalue weighted by molar-refractivity contribution is 9.10. The molecule has 1 N–H and O–H groups in total. The lowest BCUT2D eigenvalue weighted by molar-refractivity contribution is -0.116. The van der Waals surface area contributed by atoms with E-state index >= 15 is 0 Å². The maximum atomic E-state index is 12.9. The number of anilines is 1. The molecule has 1 aromatic carbocycles. The second-order valence-electron chi connectivity index (χ2n) is 3.85. The molecule has 0 fully saturated rings. The molecule has 4 nitrogen and oxygen atoms in total. The van der Waals surface area contributed by atoms with Crippen LogP contribution < -0.4 is 10.9 Å². The van der Waals surface area contributed by atoms with Crippen LogP contribution in [-0.4, -0.2) is 10.5 Å². The van der Waals surface area contributed by atoms with Gasteiger partial charge in [0.1, 0.15) is 12.4 Å². The Morgan fingerprint density at radius 1 is 1.32 bits per heavy atom. The number of nitrogens with one attached hydrogen (secondary N) is 1. The predicted molar refractivity (Wildman–Crippen MR) is 73.4 cm³/mol. The van der Waals surface area contributed by atoms with E-state index in [9.17, 15) is 14.0 Å². The molecule has 1 aromatic heterocycles. The smallest absolute Gasteiger partial charge is 0.265 e. The summed E-state index contributed by atoms with van der Waals surface area (Å²) in [5.41, 5.74) is 0.0601. The summed E-state index contributed by atoms with van der Waals surface area (Å²) < 4.78 is 14.6. The number of amides is 1. The van der Waals surface area contributed by atoms with Crippen LogP contribution in [0.2, 0.25) is 0 Å². The van der Waals surface area contributed by atoms with Crippen molar-refractivity contribution in [2.45, 2.75) is 6.54 Å². The van der Waals surface area contributed by atoms with Crippen molar-refractivity contribution in [3.63, 3.8) is 0 Å². The third-order valence-corrected chi connectivity index (χ3v) is 3.00. The fraction of sp³-hybridized carbons (Fsp3) is 0.0769. The van der Waals surface area contributed by atoms with Gasteiger partial charge >= 0.3 is 0 Å². The lowest BCUT2D eigenvalue weighted by Gasteiger charge is -2.07. The first-order valence-corrected chi connectivity index (χ1v) is 6.26. The fourth-order valence-corrected chi connectivity index (χ4v) is 1.93. The molecule has 0 atom stereocenters. The molecule has 1 heterocycles. The second kappa shape index (κ2) is 5.79. The molecule has 98 valence electrons. The molecular formula is C13H10BrFN2O2. The number of aromatic nitrogens is 1. The van der Waals surface area contributed by atoms with Gasteiger partial charge in [-0.05, 0) is 46.3 Å². The van der Waals surface area contributed by atoms with E-state index in [1.54, 1.807) is 18.2 Å². The SMILES string of the molecule is O=C(Cn1cccc(Br)c1=O)Nc1cccc(F)c1. The van der Waals surface area contributed by atoms with Crippen molar-refractivity contribution in [2.24, 2.45) is 0 Å². The minimum Gasteiger partial charge on any atom is -0.324 e. The molecule has 0 unspecified atom stereocenters. The van der Waals surface area contributed by atoms with Gasteiger partial charge in [0.05, 0.1) is 4.47 Å². The summed E-state index contributed by atoms with van der Waals surface area (Å²) in [6, 6.07) is 8.82. The minimum absolute atomic E-state index is 0.130. The predicted octanol–water partition coefficient (Wildman–Crippen LogP) is 2.39. The molecule has 0 aliphatic rings. The van der Waals surface area contributed by atoms with Crippen molar-refractivity contribution in [1.29, 1.82) is 0 Å². The van der Waals surface area contributed by atoms with Crippen molar-refractivity contribution in [3.05, 3.63) is 63.2 Å². The third kappa shape index (κ3) is 3.51. The normalized spacial score (nSPS) is 10.2. The molecule has 0 bridgehead atoms. The maximum Gasteiger partial charge on any atom is 0.265 e. The van der Waals surface area contributed by atoms with Crippen LogP contribution in [0.1, 0.15) is 0 Å². The van der Waals surface area contributed by atoms with Crippen LogP contribution in [0, 0.1) is 5.82 Å². The number of carbonyl (C=O) groups is 1. The first-order chi connectivity index (χ1) is 9.06. The Morgan fingerprint density at radius 2 is 2.11 bits per heavy atom. The number of pyridine rings is 1. The first-order valence-electron chi connectivity index (χ1n) is 5.46. The second-order valence-corrected chi connectivity index (χ2v) is 4.70. The summed E-state index contributed by atoms with van der Waals surface area (Å²) in [5.74, 6) is -0.830. The highest BCUT2D eigenvalue weighted by Gasteiger charge is 2.06. The van der Waals surface area contributed by atoms with Crippen LogP contribution in [0.4, 0.5) is 10.1 Å². The quantitative estimate of drug-likeness (QED) is 0.942. The van der Waals surface area contributed by atoms with Crippen LogP contribution >= 0.6 is 15.9 Å². The van der Waals surface area contributed by atoms with Crippen molar-refractivity contribution >= 4 is 27.5 Å². The molecule has 0 aliphatic carbocycles. The van der Waals surface area contributed by atoms with Crippen LogP contribution in [0.25, 0.3) is 0 Å². The van der Waals surface area contributed by atoms with Crippen LogP contribution in [0.3, 0.4) is 0 Å². The summed E-state index contributed by atoms with van der Waals surface area (Å²) in [6.07, 6.45) is 1.51. The van der Waals surface area contributed by atoms with Gasteiger partial charge in [0, 0.05) is 11.9 Å². The Kier molecular flexibility index (Phi) is 4.11. The van der Waals surface area contributed by atoms with Gasteiger partial charge < -0.3 is 9.88 Å². The highest BCUT2D eigenvalue weighted by Crippen LogP contribution is 2.09.